The number of thiophene rings is 1. The Labute approximate surface area is 183 Å². The molecule has 2 aliphatic rings. The molecule has 2 aromatic rings. The molecule has 0 radical (unpaired) electrons. The number of carbonyl (C=O) groups excluding carboxylic acids is 1. The number of hydrogen-bond donors (Lipinski definition) is 1. The second-order valence-electron chi connectivity index (χ2n) is 7.43. The van der Waals surface area contributed by atoms with Gasteiger partial charge in [0.2, 0.25) is 0 Å². The zero-order valence-electron chi connectivity index (χ0n) is 16.5. The van der Waals surface area contributed by atoms with Gasteiger partial charge < -0.3 is 5.73 Å². The first-order chi connectivity index (χ1) is 14.0. The highest BCUT2D eigenvalue weighted by Gasteiger charge is 2.41. The summed E-state index contributed by atoms with van der Waals surface area (Å²) in [5, 5.41) is 10.1. The third-order valence-electron chi connectivity index (χ3n) is 5.59. The van der Waals surface area contributed by atoms with Crippen molar-refractivity contribution in [3.63, 3.8) is 0 Å². The van der Waals surface area contributed by atoms with Gasteiger partial charge in [-0.15, -0.1) is 11.3 Å². The molecule has 1 aromatic heterocycles. The van der Waals surface area contributed by atoms with Crippen molar-refractivity contribution in [3.8, 4) is 6.07 Å². The van der Waals surface area contributed by atoms with E-state index in [0.29, 0.717) is 17.8 Å². The number of carbonyl (C=O) groups is 1. The van der Waals surface area contributed by atoms with Gasteiger partial charge in [-0.05, 0) is 60.3 Å². The molecule has 4 nitrogen and oxygen atoms in total. The highest BCUT2D eigenvalue weighted by Crippen LogP contribution is 2.48. The lowest BCUT2D eigenvalue weighted by Gasteiger charge is -2.39. The second-order valence-corrected chi connectivity index (χ2v) is 9.45. The number of anilines is 1. The van der Waals surface area contributed by atoms with Gasteiger partial charge in [0, 0.05) is 37.6 Å². The fourth-order valence-electron chi connectivity index (χ4n) is 4.17. The molecular weight excluding hydrogens is 446 g/mol. The van der Waals surface area contributed by atoms with Crippen LogP contribution in [0.15, 0.2) is 57.5 Å². The number of allylic oxidation sites excluding steroid dienone is 3. The summed E-state index contributed by atoms with van der Waals surface area (Å²) in [6.07, 6.45) is 2.99. The smallest absolute Gasteiger partial charge is 0.161 e. The van der Waals surface area contributed by atoms with Crippen molar-refractivity contribution >= 4 is 38.7 Å². The van der Waals surface area contributed by atoms with Crippen molar-refractivity contribution < 1.29 is 4.79 Å². The first kappa shape index (κ1) is 19.9. The average Bonchev–Trinajstić information content (AvgIpc) is 3.08. The Morgan fingerprint density at radius 2 is 2.03 bits per heavy atom. The van der Waals surface area contributed by atoms with Crippen LogP contribution in [0.3, 0.4) is 0 Å². The predicted octanol–water partition coefficient (Wildman–Crippen LogP) is 5.69. The standard InChI is InChI=1S/C23H22BrN3OS/c1-3-19-16(24)11-20(29-19)21-15(12-25)23(26)27(14-9-7-13(2)8-10-14)17-5-4-6-18(28)22(17)21/h7-11,21H,3-6,26H2,1-2H3. The lowest BCUT2D eigenvalue weighted by molar-refractivity contribution is -0.116. The van der Waals surface area contributed by atoms with Gasteiger partial charge in [-0.3, -0.25) is 9.69 Å². The first-order valence-corrected chi connectivity index (χ1v) is 11.4. The molecule has 0 saturated heterocycles. The molecule has 0 fully saturated rings. The van der Waals surface area contributed by atoms with Crippen LogP contribution in [-0.4, -0.2) is 5.78 Å². The topological polar surface area (TPSA) is 70.1 Å². The van der Waals surface area contributed by atoms with E-state index >= 15 is 0 Å². The molecule has 29 heavy (non-hydrogen) atoms. The molecule has 2 heterocycles. The highest BCUT2D eigenvalue weighted by atomic mass is 79.9. The zero-order chi connectivity index (χ0) is 20.7. The average molecular weight is 468 g/mol. The molecule has 0 saturated carbocycles. The van der Waals surface area contributed by atoms with Crippen LogP contribution in [0, 0.1) is 18.3 Å². The van der Waals surface area contributed by atoms with Gasteiger partial charge in [0.1, 0.15) is 5.82 Å². The van der Waals surface area contributed by atoms with E-state index in [-0.39, 0.29) is 11.7 Å². The Morgan fingerprint density at radius 1 is 1.31 bits per heavy atom. The molecule has 1 aromatic carbocycles. The SMILES string of the molecule is CCc1sc(C2C(C#N)=C(N)N(c3ccc(C)cc3)C3=C2C(=O)CCC3)cc1Br. The third-order valence-corrected chi connectivity index (χ3v) is 7.90. The second kappa shape index (κ2) is 7.81. The molecule has 0 spiro atoms. The van der Waals surface area contributed by atoms with Crippen LogP contribution in [0.1, 0.15) is 47.4 Å². The number of nitriles is 1. The Hall–Kier alpha value is -2.36. The van der Waals surface area contributed by atoms with E-state index in [1.54, 1.807) is 11.3 Å². The maximum atomic E-state index is 13.1. The Kier molecular flexibility index (Phi) is 5.37. The van der Waals surface area contributed by atoms with Crippen molar-refractivity contribution in [1.82, 2.24) is 0 Å². The monoisotopic (exact) mass is 467 g/mol. The largest absolute Gasteiger partial charge is 0.384 e. The molecule has 1 aliphatic heterocycles. The van der Waals surface area contributed by atoms with Crippen LogP contribution in [0.25, 0.3) is 0 Å². The minimum atomic E-state index is -0.383. The minimum Gasteiger partial charge on any atom is -0.384 e. The van der Waals surface area contributed by atoms with Crippen molar-refractivity contribution in [2.75, 3.05) is 4.90 Å². The quantitative estimate of drug-likeness (QED) is 0.629. The van der Waals surface area contributed by atoms with Crippen LogP contribution < -0.4 is 10.6 Å². The summed E-state index contributed by atoms with van der Waals surface area (Å²) < 4.78 is 1.03. The van der Waals surface area contributed by atoms with Gasteiger partial charge in [-0.2, -0.15) is 5.26 Å². The lowest BCUT2D eigenvalue weighted by atomic mass is 9.78. The number of nitrogens with two attached hydrogens (primary N) is 1. The number of rotatable bonds is 3. The molecule has 4 rings (SSSR count). The third kappa shape index (κ3) is 3.33. The molecule has 2 N–H and O–H groups in total. The maximum Gasteiger partial charge on any atom is 0.161 e. The van der Waals surface area contributed by atoms with Gasteiger partial charge in [-0.1, -0.05) is 24.6 Å². The van der Waals surface area contributed by atoms with Gasteiger partial charge >= 0.3 is 0 Å². The Balaban J connectivity index is 1.95. The molecule has 1 aliphatic carbocycles. The van der Waals surface area contributed by atoms with Crippen molar-refractivity contribution in [2.45, 2.75) is 45.4 Å². The number of Topliss-reactive ketones (excluding diaryl/α,β-unsaturated/α-hetero) is 1. The van der Waals surface area contributed by atoms with Crippen molar-refractivity contribution in [1.29, 1.82) is 5.26 Å². The fraction of sp³-hybridized carbons (Fsp3) is 0.304. The predicted molar refractivity (Wildman–Crippen MR) is 121 cm³/mol. The highest BCUT2D eigenvalue weighted by molar-refractivity contribution is 9.10. The minimum absolute atomic E-state index is 0.121. The summed E-state index contributed by atoms with van der Waals surface area (Å²) in [5.41, 5.74) is 10.8. The summed E-state index contributed by atoms with van der Waals surface area (Å²) in [6, 6.07) is 12.4. The number of nitrogens with zero attached hydrogens (tertiary/aromatic N) is 2. The molecule has 1 atom stereocenters. The van der Waals surface area contributed by atoms with E-state index in [2.05, 4.69) is 28.9 Å². The van der Waals surface area contributed by atoms with Gasteiger partial charge in [0.05, 0.1) is 17.6 Å². The summed E-state index contributed by atoms with van der Waals surface area (Å²) in [6.45, 7) is 4.14. The van der Waals surface area contributed by atoms with Crippen LogP contribution in [0.4, 0.5) is 5.69 Å². The maximum absolute atomic E-state index is 13.1. The summed E-state index contributed by atoms with van der Waals surface area (Å²) in [4.78, 5) is 17.2. The number of halogens is 1. The normalized spacial score (nSPS) is 19.4. The Morgan fingerprint density at radius 3 is 2.66 bits per heavy atom. The van der Waals surface area contributed by atoms with Crippen molar-refractivity contribution in [2.24, 2.45) is 5.73 Å². The van der Waals surface area contributed by atoms with E-state index in [4.69, 9.17) is 5.73 Å². The van der Waals surface area contributed by atoms with E-state index in [9.17, 15) is 10.1 Å². The number of hydrogen-bond acceptors (Lipinski definition) is 5. The summed E-state index contributed by atoms with van der Waals surface area (Å²) >= 11 is 5.28. The molecule has 0 amide bonds. The molecular formula is C23H22BrN3OS. The van der Waals surface area contributed by atoms with E-state index in [0.717, 1.165) is 51.1 Å². The van der Waals surface area contributed by atoms with Gasteiger partial charge in [-0.25, -0.2) is 0 Å². The van der Waals surface area contributed by atoms with E-state index in [1.165, 1.54) is 4.88 Å². The molecule has 148 valence electrons. The zero-order valence-corrected chi connectivity index (χ0v) is 18.9. The van der Waals surface area contributed by atoms with Gasteiger partial charge in [0.15, 0.2) is 5.78 Å². The Bertz CT molecular complexity index is 1090. The van der Waals surface area contributed by atoms with Crippen LogP contribution >= 0.6 is 27.3 Å². The number of benzene rings is 1. The summed E-state index contributed by atoms with van der Waals surface area (Å²) in [5.74, 6) is 0.166. The number of ketones is 1. The van der Waals surface area contributed by atoms with Crippen LogP contribution in [0.2, 0.25) is 0 Å². The lowest BCUT2D eigenvalue weighted by Crippen LogP contribution is -2.38. The van der Waals surface area contributed by atoms with E-state index in [1.807, 2.05) is 42.2 Å². The molecule has 1 unspecified atom stereocenters. The first-order valence-electron chi connectivity index (χ1n) is 9.77. The molecule has 0 bridgehead atoms. The summed E-state index contributed by atoms with van der Waals surface area (Å²) in [7, 11) is 0. The fourth-order valence-corrected chi connectivity index (χ4v) is 6.21. The van der Waals surface area contributed by atoms with E-state index < -0.39 is 0 Å². The van der Waals surface area contributed by atoms with Gasteiger partial charge in [0.25, 0.3) is 0 Å². The van der Waals surface area contributed by atoms with Crippen LogP contribution in [-0.2, 0) is 11.2 Å². The molecule has 6 heteroatoms. The van der Waals surface area contributed by atoms with Crippen LogP contribution in [0.5, 0.6) is 0 Å². The van der Waals surface area contributed by atoms with Crippen molar-refractivity contribution in [3.05, 3.63) is 72.8 Å². The number of aryl methyl sites for hydroxylation is 2.